The Morgan fingerprint density at radius 3 is 2.78 bits per heavy atom. The Hall–Kier alpha value is -4.25. The van der Waals surface area contributed by atoms with Gasteiger partial charge in [0.05, 0.1) is 25.4 Å². The maximum atomic E-state index is 14.8. The van der Waals surface area contributed by atoms with Crippen LogP contribution in [0.25, 0.3) is 32.6 Å². The highest BCUT2D eigenvalue weighted by molar-refractivity contribution is 7.18. The van der Waals surface area contributed by atoms with Crippen LogP contribution in [0.1, 0.15) is 37.8 Å². The third-order valence-corrected chi connectivity index (χ3v) is 10.2. The number of hydrogen-bond acceptors (Lipinski definition) is 7. The summed E-state index contributed by atoms with van der Waals surface area (Å²) >= 11 is 1.63. The van der Waals surface area contributed by atoms with Gasteiger partial charge in [0.1, 0.15) is 28.8 Å². The van der Waals surface area contributed by atoms with Gasteiger partial charge in [-0.1, -0.05) is 6.58 Å². The van der Waals surface area contributed by atoms with Crippen molar-refractivity contribution in [3.63, 3.8) is 0 Å². The third kappa shape index (κ3) is 5.69. The molecule has 0 N–H and O–H groups in total. The van der Waals surface area contributed by atoms with E-state index in [1.165, 1.54) is 24.6 Å². The van der Waals surface area contributed by atoms with Crippen molar-refractivity contribution in [2.75, 3.05) is 44.7 Å². The molecular weight excluding hydrogens is 591 g/mol. The maximum absolute atomic E-state index is 14.8. The highest BCUT2D eigenvalue weighted by Gasteiger charge is 2.29. The number of pyridine rings is 1. The second-order valence-electron chi connectivity index (χ2n) is 12.2. The van der Waals surface area contributed by atoms with E-state index in [-0.39, 0.29) is 23.5 Å². The Morgan fingerprint density at radius 2 is 1.98 bits per heavy atom. The molecule has 11 heteroatoms. The van der Waals surface area contributed by atoms with Crippen molar-refractivity contribution in [1.29, 1.82) is 0 Å². The predicted octanol–water partition coefficient (Wildman–Crippen LogP) is 5.73. The van der Waals surface area contributed by atoms with Crippen molar-refractivity contribution >= 4 is 39.1 Å². The molecule has 2 saturated heterocycles. The molecule has 6 heterocycles. The number of fused-ring (bicyclic) bond motifs is 2. The summed E-state index contributed by atoms with van der Waals surface area (Å²) in [5.74, 6) is 1.04. The molecule has 2 fully saturated rings. The number of halogens is 1. The Morgan fingerprint density at radius 1 is 1.13 bits per heavy atom. The number of benzene rings is 1. The standard InChI is InChI=1S/C34H37FN6O3S/c1-3-29(42)40-14-15-41-24(20-40)19-27(37-41)32-31(33-26(10-16-45-33)34(36-32)39-11-5-4-6-12-39)25-8-7-23(35)18-28(25)44-21-22-9-13-38(2)30(43)17-22/h3,7-8,10,16,18-19,22H,1,4-6,9,11-15,17,20-21H2,2H3. The summed E-state index contributed by atoms with van der Waals surface area (Å²) in [6, 6.07) is 8.80. The number of hydrogen-bond donors (Lipinski definition) is 0. The van der Waals surface area contributed by atoms with Crippen LogP contribution in [-0.2, 0) is 22.7 Å². The first-order valence-corrected chi connectivity index (χ1v) is 16.6. The Bertz CT molecular complexity index is 1780. The number of likely N-dealkylation sites (tertiary alicyclic amines) is 1. The fourth-order valence-corrected chi connectivity index (χ4v) is 7.62. The summed E-state index contributed by atoms with van der Waals surface area (Å²) in [7, 11) is 1.82. The number of aromatic nitrogens is 3. The molecular formula is C34H37FN6O3S. The molecule has 0 aliphatic carbocycles. The predicted molar refractivity (Wildman–Crippen MR) is 174 cm³/mol. The van der Waals surface area contributed by atoms with Crippen molar-refractivity contribution in [2.24, 2.45) is 5.92 Å². The molecule has 7 rings (SSSR count). The molecule has 0 radical (unpaired) electrons. The molecule has 1 unspecified atom stereocenters. The van der Waals surface area contributed by atoms with E-state index >= 15 is 0 Å². The number of thiophene rings is 1. The van der Waals surface area contributed by atoms with Crippen molar-refractivity contribution < 1.29 is 18.7 Å². The van der Waals surface area contributed by atoms with E-state index in [0.29, 0.717) is 56.3 Å². The molecule has 3 aliphatic heterocycles. The van der Waals surface area contributed by atoms with Crippen LogP contribution in [-0.4, -0.2) is 76.2 Å². The van der Waals surface area contributed by atoms with Crippen LogP contribution >= 0.6 is 11.3 Å². The zero-order valence-electron chi connectivity index (χ0n) is 25.5. The Kier molecular flexibility index (Phi) is 8.03. The van der Waals surface area contributed by atoms with E-state index in [4.69, 9.17) is 14.8 Å². The van der Waals surface area contributed by atoms with Crippen LogP contribution in [0, 0.1) is 11.7 Å². The summed E-state index contributed by atoms with van der Waals surface area (Å²) in [6.07, 6.45) is 6.04. The maximum Gasteiger partial charge on any atom is 0.246 e. The summed E-state index contributed by atoms with van der Waals surface area (Å²) in [5, 5.41) is 8.15. The molecule has 1 atom stereocenters. The number of ether oxygens (including phenoxy) is 1. The lowest BCUT2D eigenvalue weighted by molar-refractivity contribution is -0.134. The number of piperidine rings is 2. The molecule has 45 heavy (non-hydrogen) atoms. The van der Waals surface area contributed by atoms with E-state index in [9.17, 15) is 14.0 Å². The van der Waals surface area contributed by atoms with Crippen LogP contribution in [0.3, 0.4) is 0 Å². The van der Waals surface area contributed by atoms with Crippen LogP contribution in [0.5, 0.6) is 5.75 Å². The van der Waals surface area contributed by atoms with Gasteiger partial charge in [-0.05, 0) is 61.4 Å². The molecule has 2 amide bonds. The van der Waals surface area contributed by atoms with Gasteiger partial charge in [0, 0.05) is 72.8 Å². The molecule has 0 spiro atoms. The largest absolute Gasteiger partial charge is 0.493 e. The summed E-state index contributed by atoms with van der Waals surface area (Å²) < 4.78 is 24.2. The van der Waals surface area contributed by atoms with E-state index in [1.807, 2.05) is 17.8 Å². The Labute approximate surface area is 265 Å². The average Bonchev–Trinajstić information content (AvgIpc) is 3.72. The van der Waals surface area contributed by atoms with Gasteiger partial charge < -0.3 is 19.4 Å². The van der Waals surface area contributed by atoms with Crippen molar-refractivity contribution in [3.05, 3.63) is 59.9 Å². The lowest BCUT2D eigenvalue weighted by atomic mass is 9.97. The zero-order valence-corrected chi connectivity index (χ0v) is 26.3. The first-order chi connectivity index (χ1) is 21.9. The first kappa shape index (κ1) is 29.5. The fourth-order valence-electron chi connectivity index (χ4n) is 6.67. The minimum Gasteiger partial charge on any atom is -0.493 e. The van der Waals surface area contributed by atoms with Gasteiger partial charge >= 0.3 is 0 Å². The minimum absolute atomic E-state index is 0.0618. The lowest BCUT2D eigenvalue weighted by Gasteiger charge is -2.30. The Balaban J connectivity index is 1.35. The molecule has 1 aromatic carbocycles. The molecule has 0 saturated carbocycles. The van der Waals surface area contributed by atoms with Crippen molar-refractivity contribution in [1.82, 2.24) is 24.6 Å². The number of carbonyl (C=O) groups is 2. The van der Waals surface area contributed by atoms with E-state index in [1.54, 1.807) is 27.2 Å². The van der Waals surface area contributed by atoms with E-state index in [2.05, 4.69) is 22.9 Å². The quantitative estimate of drug-likeness (QED) is 0.243. The van der Waals surface area contributed by atoms with Gasteiger partial charge in [-0.25, -0.2) is 9.37 Å². The monoisotopic (exact) mass is 628 g/mol. The average molecular weight is 629 g/mol. The number of anilines is 1. The smallest absolute Gasteiger partial charge is 0.246 e. The van der Waals surface area contributed by atoms with Crippen LogP contribution in [0.2, 0.25) is 0 Å². The van der Waals surface area contributed by atoms with Gasteiger partial charge in [0.15, 0.2) is 0 Å². The van der Waals surface area contributed by atoms with Crippen molar-refractivity contribution in [2.45, 2.75) is 45.2 Å². The number of amides is 2. The van der Waals surface area contributed by atoms with E-state index in [0.717, 1.165) is 65.1 Å². The van der Waals surface area contributed by atoms with Gasteiger partial charge in [-0.2, -0.15) is 5.10 Å². The molecule has 9 nitrogen and oxygen atoms in total. The second-order valence-corrected chi connectivity index (χ2v) is 13.1. The second kappa shape index (κ2) is 12.3. The topological polar surface area (TPSA) is 83.8 Å². The molecule has 0 bridgehead atoms. The van der Waals surface area contributed by atoms with Crippen LogP contribution in [0.4, 0.5) is 10.2 Å². The van der Waals surface area contributed by atoms with Crippen LogP contribution < -0.4 is 9.64 Å². The molecule has 3 aliphatic rings. The molecule has 3 aromatic heterocycles. The number of nitrogens with zero attached hydrogens (tertiary/aromatic N) is 6. The SMILES string of the molecule is C=CC(=O)N1CCn2nc(-c3nc(N4CCCCC4)c4ccsc4c3-c3ccc(F)cc3OCC3CCN(C)C(=O)C3)cc2C1. The van der Waals surface area contributed by atoms with Gasteiger partial charge in [0.2, 0.25) is 11.8 Å². The normalized spacial score (nSPS) is 18.8. The van der Waals surface area contributed by atoms with Gasteiger partial charge in [-0.3, -0.25) is 14.3 Å². The number of rotatable bonds is 7. The van der Waals surface area contributed by atoms with E-state index < -0.39 is 0 Å². The van der Waals surface area contributed by atoms with Gasteiger partial charge in [-0.15, -0.1) is 11.3 Å². The molecule has 4 aromatic rings. The fraction of sp³-hybridized carbons (Fsp3) is 0.412. The highest BCUT2D eigenvalue weighted by atomic mass is 32.1. The van der Waals surface area contributed by atoms with Crippen molar-refractivity contribution in [3.8, 4) is 28.3 Å². The summed E-state index contributed by atoms with van der Waals surface area (Å²) in [5.41, 5.74) is 3.93. The minimum atomic E-state index is -0.389. The lowest BCUT2D eigenvalue weighted by Crippen LogP contribution is -2.37. The molecule has 234 valence electrons. The van der Waals surface area contributed by atoms with Crippen LogP contribution in [0.15, 0.2) is 48.4 Å². The third-order valence-electron chi connectivity index (χ3n) is 9.22. The zero-order chi connectivity index (χ0) is 31.1. The summed E-state index contributed by atoms with van der Waals surface area (Å²) in [6.45, 7) is 8.10. The van der Waals surface area contributed by atoms with Gasteiger partial charge in [0.25, 0.3) is 0 Å². The number of carbonyl (C=O) groups excluding carboxylic acids is 2. The first-order valence-electron chi connectivity index (χ1n) is 15.7. The highest BCUT2D eigenvalue weighted by Crippen LogP contribution is 2.46. The summed E-state index contributed by atoms with van der Waals surface area (Å²) in [4.78, 5) is 36.0.